The second-order valence-corrected chi connectivity index (χ2v) is 3.19. The fourth-order valence-electron chi connectivity index (χ4n) is 1.63. The predicted octanol–water partition coefficient (Wildman–Crippen LogP) is 0.258. The summed E-state index contributed by atoms with van der Waals surface area (Å²) in [6.07, 6.45) is 2.42. The summed E-state index contributed by atoms with van der Waals surface area (Å²) in [6, 6.07) is 0. The third kappa shape index (κ3) is 1.14. The molecule has 0 aliphatic carbocycles. The Morgan fingerprint density at radius 1 is 1.62 bits per heavy atom. The van der Waals surface area contributed by atoms with Crippen molar-refractivity contribution >= 4 is 11.7 Å². The van der Waals surface area contributed by atoms with E-state index in [1.54, 1.807) is 6.20 Å². The van der Waals surface area contributed by atoms with Crippen molar-refractivity contribution in [3.63, 3.8) is 0 Å². The van der Waals surface area contributed by atoms with Gasteiger partial charge in [0.05, 0.1) is 5.56 Å². The third-order valence-corrected chi connectivity index (χ3v) is 2.29. The summed E-state index contributed by atoms with van der Waals surface area (Å²) in [5.41, 5.74) is 8.17. The summed E-state index contributed by atoms with van der Waals surface area (Å²) >= 11 is 0. The number of nitrogen functional groups attached to an aromatic ring is 1. The average Bonchev–Trinajstić information content (AvgIpc) is 2.12. The normalized spacial score (nSPS) is 15.0. The lowest BCUT2D eigenvalue weighted by atomic mass is 9.98. The largest absolute Gasteiger partial charge is 0.383 e. The number of carbonyl (C=O) groups is 1. The molecule has 0 fully saturated rings. The van der Waals surface area contributed by atoms with E-state index in [0.29, 0.717) is 17.9 Å². The molecule has 1 aromatic heterocycles. The first-order valence-corrected chi connectivity index (χ1v) is 4.22. The first-order valence-electron chi connectivity index (χ1n) is 4.22. The minimum absolute atomic E-state index is 0.0344. The van der Waals surface area contributed by atoms with Crippen molar-refractivity contribution in [2.45, 2.75) is 13.3 Å². The van der Waals surface area contributed by atoms with Crippen LogP contribution in [0.2, 0.25) is 0 Å². The standard InChI is InChI=1S/C9H11N3O/c1-5-4-12-8(10)6-2-3-11-9(13)7(5)6/h4H,2-3H2,1H3,(H2,10,12)(H,11,13). The second kappa shape index (κ2) is 2.73. The second-order valence-electron chi connectivity index (χ2n) is 3.19. The minimum Gasteiger partial charge on any atom is -0.383 e. The SMILES string of the molecule is Cc1cnc(N)c2c1C(=O)NCC2. The van der Waals surface area contributed by atoms with Gasteiger partial charge < -0.3 is 11.1 Å². The van der Waals surface area contributed by atoms with Crippen molar-refractivity contribution in [1.82, 2.24) is 10.3 Å². The van der Waals surface area contributed by atoms with Gasteiger partial charge in [-0.3, -0.25) is 4.79 Å². The highest BCUT2D eigenvalue weighted by Crippen LogP contribution is 2.21. The zero-order valence-electron chi connectivity index (χ0n) is 7.42. The zero-order valence-corrected chi connectivity index (χ0v) is 7.42. The summed E-state index contributed by atoms with van der Waals surface area (Å²) in [4.78, 5) is 15.5. The molecule has 0 aromatic carbocycles. The Hall–Kier alpha value is -1.58. The molecular formula is C9H11N3O. The van der Waals surface area contributed by atoms with Gasteiger partial charge in [0, 0.05) is 18.3 Å². The van der Waals surface area contributed by atoms with Crippen molar-refractivity contribution in [1.29, 1.82) is 0 Å². The van der Waals surface area contributed by atoms with Crippen LogP contribution in [0.25, 0.3) is 0 Å². The van der Waals surface area contributed by atoms with E-state index in [9.17, 15) is 4.79 Å². The molecule has 4 nitrogen and oxygen atoms in total. The van der Waals surface area contributed by atoms with Crippen molar-refractivity contribution in [3.8, 4) is 0 Å². The Balaban J connectivity index is 2.67. The summed E-state index contributed by atoms with van der Waals surface area (Å²) in [5.74, 6) is 0.448. The van der Waals surface area contributed by atoms with E-state index in [1.165, 1.54) is 0 Å². The maximum Gasteiger partial charge on any atom is 0.252 e. The van der Waals surface area contributed by atoms with E-state index in [1.807, 2.05) is 6.92 Å². The molecule has 2 heterocycles. The number of nitrogens with one attached hydrogen (secondary N) is 1. The van der Waals surface area contributed by atoms with Crippen LogP contribution in [0.1, 0.15) is 21.5 Å². The van der Waals surface area contributed by atoms with Gasteiger partial charge in [0.25, 0.3) is 5.91 Å². The smallest absolute Gasteiger partial charge is 0.252 e. The van der Waals surface area contributed by atoms with Crippen LogP contribution in [0.4, 0.5) is 5.82 Å². The number of fused-ring (bicyclic) bond motifs is 1. The summed E-state index contributed by atoms with van der Waals surface area (Å²) in [7, 11) is 0. The highest BCUT2D eigenvalue weighted by Gasteiger charge is 2.21. The Morgan fingerprint density at radius 3 is 3.08 bits per heavy atom. The number of aryl methyl sites for hydroxylation is 1. The van der Waals surface area contributed by atoms with Crippen LogP contribution >= 0.6 is 0 Å². The zero-order chi connectivity index (χ0) is 9.42. The Morgan fingerprint density at radius 2 is 2.38 bits per heavy atom. The molecule has 1 amide bonds. The molecule has 0 unspecified atom stereocenters. The Kier molecular flexibility index (Phi) is 1.69. The fourth-order valence-corrected chi connectivity index (χ4v) is 1.63. The van der Waals surface area contributed by atoms with Crippen LogP contribution in [0, 0.1) is 6.92 Å². The molecule has 1 aromatic rings. The molecule has 1 aliphatic rings. The number of anilines is 1. The van der Waals surface area contributed by atoms with Crippen LogP contribution < -0.4 is 11.1 Å². The number of amides is 1. The number of hydrogen-bond donors (Lipinski definition) is 2. The van der Waals surface area contributed by atoms with Gasteiger partial charge in [-0.1, -0.05) is 0 Å². The molecule has 1 aliphatic heterocycles. The van der Waals surface area contributed by atoms with Gasteiger partial charge in [-0.25, -0.2) is 4.98 Å². The van der Waals surface area contributed by atoms with E-state index in [4.69, 9.17) is 5.73 Å². The van der Waals surface area contributed by atoms with Crippen LogP contribution in [-0.4, -0.2) is 17.4 Å². The van der Waals surface area contributed by atoms with Crippen molar-refractivity contribution < 1.29 is 4.79 Å². The molecule has 13 heavy (non-hydrogen) atoms. The number of carbonyl (C=O) groups excluding carboxylic acids is 1. The molecule has 0 saturated heterocycles. The number of aromatic nitrogens is 1. The first-order chi connectivity index (χ1) is 6.20. The van der Waals surface area contributed by atoms with Gasteiger partial charge in [0.15, 0.2) is 0 Å². The lowest BCUT2D eigenvalue weighted by Gasteiger charge is -2.18. The van der Waals surface area contributed by atoms with E-state index < -0.39 is 0 Å². The molecule has 0 radical (unpaired) electrons. The Labute approximate surface area is 76.2 Å². The van der Waals surface area contributed by atoms with Gasteiger partial charge in [-0.2, -0.15) is 0 Å². The Bertz CT molecular complexity index is 373. The van der Waals surface area contributed by atoms with Crippen LogP contribution in [0.5, 0.6) is 0 Å². The number of rotatable bonds is 0. The number of hydrogen-bond acceptors (Lipinski definition) is 3. The molecular weight excluding hydrogens is 166 g/mol. The van der Waals surface area contributed by atoms with Crippen molar-refractivity contribution in [2.24, 2.45) is 0 Å². The van der Waals surface area contributed by atoms with Crippen LogP contribution in [-0.2, 0) is 6.42 Å². The van der Waals surface area contributed by atoms with E-state index >= 15 is 0 Å². The molecule has 0 saturated carbocycles. The molecule has 2 rings (SSSR count). The van der Waals surface area contributed by atoms with Crippen molar-refractivity contribution in [3.05, 3.63) is 22.9 Å². The summed E-state index contributed by atoms with van der Waals surface area (Å²) < 4.78 is 0. The highest BCUT2D eigenvalue weighted by atomic mass is 16.1. The number of nitrogens with zero attached hydrogens (tertiary/aromatic N) is 1. The van der Waals surface area contributed by atoms with Gasteiger partial charge in [-0.15, -0.1) is 0 Å². The van der Waals surface area contributed by atoms with Gasteiger partial charge >= 0.3 is 0 Å². The van der Waals surface area contributed by atoms with Gasteiger partial charge in [0.2, 0.25) is 0 Å². The maximum absolute atomic E-state index is 11.5. The van der Waals surface area contributed by atoms with Crippen LogP contribution in [0.15, 0.2) is 6.20 Å². The van der Waals surface area contributed by atoms with E-state index in [-0.39, 0.29) is 5.91 Å². The maximum atomic E-state index is 11.5. The van der Waals surface area contributed by atoms with E-state index in [0.717, 1.165) is 17.5 Å². The summed E-state index contributed by atoms with van der Waals surface area (Å²) in [5, 5.41) is 2.78. The van der Waals surface area contributed by atoms with Gasteiger partial charge in [-0.05, 0) is 18.9 Å². The topological polar surface area (TPSA) is 68.0 Å². The number of pyridine rings is 1. The quantitative estimate of drug-likeness (QED) is 0.597. The summed E-state index contributed by atoms with van der Waals surface area (Å²) in [6.45, 7) is 2.53. The van der Waals surface area contributed by atoms with E-state index in [2.05, 4.69) is 10.3 Å². The monoisotopic (exact) mass is 177 g/mol. The molecule has 4 heteroatoms. The molecule has 0 atom stereocenters. The third-order valence-electron chi connectivity index (χ3n) is 2.29. The fraction of sp³-hybridized carbons (Fsp3) is 0.333. The van der Waals surface area contributed by atoms with Crippen LogP contribution in [0.3, 0.4) is 0 Å². The molecule has 0 bridgehead atoms. The lowest BCUT2D eigenvalue weighted by Crippen LogP contribution is -2.33. The number of nitrogens with two attached hydrogens (primary N) is 1. The highest BCUT2D eigenvalue weighted by molar-refractivity contribution is 5.99. The molecule has 3 N–H and O–H groups in total. The predicted molar refractivity (Wildman–Crippen MR) is 49.4 cm³/mol. The van der Waals surface area contributed by atoms with Crippen molar-refractivity contribution in [2.75, 3.05) is 12.3 Å². The lowest BCUT2D eigenvalue weighted by molar-refractivity contribution is 0.0945. The average molecular weight is 177 g/mol. The van der Waals surface area contributed by atoms with Gasteiger partial charge in [0.1, 0.15) is 5.82 Å². The molecule has 0 spiro atoms. The molecule has 68 valence electrons. The first kappa shape index (κ1) is 8.04. The minimum atomic E-state index is -0.0344.